The van der Waals surface area contributed by atoms with E-state index in [1.807, 2.05) is 0 Å². The molecular weight excluding hydrogens is 172 g/mol. The Morgan fingerprint density at radius 3 is 2.54 bits per heavy atom. The van der Waals surface area contributed by atoms with Crippen LogP contribution in [0.25, 0.3) is 0 Å². The van der Waals surface area contributed by atoms with Crippen molar-refractivity contribution in [3.05, 3.63) is 0 Å². The van der Waals surface area contributed by atoms with Gasteiger partial charge in [0.15, 0.2) is 0 Å². The number of hydrogen-bond donors (Lipinski definition) is 1. The first-order chi connectivity index (χ1) is 6.10. The molecule has 1 rings (SSSR count). The summed E-state index contributed by atoms with van der Waals surface area (Å²) in [6.07, 6.45) is 1.93. The zero-order chi connectivity index (χ0) is 9.90. The van der Waals surface area contributed by atoms with Gasteiger partial charge in [0.2, 0.25) is 0 Å². The topological polar surface area (TPSA) is 12.0 Å². The molecule has 2 unspecified atom stereocenters. The lowest BCUT2D eigenvalue weighted by Gasteiger charge is -2.31. The van der Waals surface area contributed by atoms with Crippen molar-refractivity contribution in [2.24, 2.45) is 5.92 Å². The van der Waals surface area contributed by atoms with E-state index in [-0.39, 0.29) is 0 Å². The summed E-state index contributed by atoms with van der Waals surface area (Å²) in [5, 5.41) is 2.83. The van der Waals surface area contributed by atoms with Crippen molar-refractivity contribution in [3.8, 4) is 0 Å². The summed E-state index contributed by atoms with van der Waals surface area (Å²) in [6, 6.07) is 0. The van der Waals surface area contributed by atoms with E-state index in [0.717, 1.165) is 19.3 Å². The minimum absolute atomic E-state index is 0.606. The molecule has 1 saturated carbocycles. The number of alkyl halides is 2. The first-order valence-corrected chi connectivity index (χ1v) is 5.08. The van der Waals surface area contributed by atoms with Crippen LogP contribution in [0, 0.1) is 5.92 Å². The van der Waals surface area contributed by atoms with Gasteiger partial charge in [-0.05, 0) is 32.2 Å². The third-order valence-corrected chi connectivity index (χ3v) is 3.32. The summed E-state index contributed by atoms with van der Waals surface area (Å²) in [5.74, 6) is 0.606. The molecule has 0 aromatic heterocycles. The lowest BCUT2D eigenvalue weighted by Crippen LogP contribution is -2.49. The van der Waals surface area contributed by atoms with Crippen LogP contribution < -0.4 is 5.32 Å². The molecule has 0 saturated heterocycles. The second-order valence-electron chi connectivity index (χ2n) is 4.24. The van der Waals surface area contributed by atoms with Gasteiger partial charge >= 0.3 is 0 Å². The Bertz CT molecular complexity index is 161. The fraction of sp³-hybridized carbons (Fsp3) is 1.00. The standard InChI is InChI=1S/C10H19F2N/c1-8-4-3-6-10(13-2,7-5-8)9(11)12/h8-9,13H,3-7H2,1-2H3. The van der Waals surface area contributed by atoms with Gasteiger partial charge in [0, 0.05) is 0 Å². The maximum atomic E-state index is 12.8. The fourth-order valence-electron chi connectivity index (χ4n) is 2.12. The van der Waals surface area contributed by atoms with E-state index in [4.69, 9.17) is 0 Å². The molecule has 3 heteroatoms. The highest BCUT2D eigenvalue weighted by molar-refractivity contribution is 4.91. The summed E-state index contributed by atoms with van der Waals surface area (Å²) in [7, 11) is 1.65. The maximum absolute atomic E-state index is 12.8. The lowest BCUT2D eigenvalue weighted by atomic mass is 9.90. The van der Waals surface area contributed by atoms with E-state index in [2.05, 4.69) is 12.2 Å². The van der Waals surface area contributed by atoms with E-state index in [1.54, 1.807) is 7.05 Å². The molecule has 0 aromatic carbocycles. The minimum atomic E-state index is -2.23. The van der Waals surface area contributed by atoms with E-state index in [0.29, 0.717) is 18.8 Å². The van der Waals surface area contributed by atoms with Crippen molar-refractivity contribution in [1.82, 2.24) is 5.32 Å². The molecule has 1 fully saturated rings. The lowest BCUT2D eigenvalue weighted by molar-refractivity contribution is 0.0241. The zero-order valence-corrected chi connectivity index (χ0v) is 8.45. The van der Waals surface area contributed by atoms with Crippen LogP contribution in [-0.4, -0.2) is 19.0 Å². The molecular formula is C10H19F2N. The normalized spacial score (nSPS) is 36.2. The van der Waals surface area contributed by atoms with Crippen LogP contribution in [0.5, 0.6) is 0 Å². The second kappa shape index (κ2) is 4.36. The van der Waals surface area contributed by atoms with Crippen molar-refractivity contribution in [3.63, 3.8) is 0 Å². The Morgan fingerprint density at radius 2 is 2.00 bits per heavy atom. The van der Waals surface area contributed by atoms with Crippen molar-refractivity contribution >= 4 is 0 Å². The van der Waals surface area contributed by atoms with Crippen LogP contribution in [0.3, 0.4) is 0 Å². The molecule has 0 heterocycles. The van der Waals surface area contributed by atoms with E-state index in [9.17, 15) is 8.78 Å². The number of rotatable bonds is 2. The fourth-order valence-corrected chi connectivity index (χ4v) is 2.12. The largest absolute Gasteiger partial charge is 0.309 e. The summed E-state index contributed by atoms with van der Waals surface area (Å²) in [4.78, 5) is 0. The first-order valence-electron chi connectivity index (χ1n) is 5.08. The molecule has 13 heavy (non-hydrogen) atoms. The summed E-state index contributed by atoms with van der Waals surface area (Å²) >= 11 is 0. The average molecular weight is 191 g/mol. The molecule has 0 aromatic rings. The van der Waals surface area contributed by atoms with Crippen molar-refractivity contribution < 1.29 is 8.78 Å². The Balaban J connectivity index is 2.64. The number of hydrogen-bond acceptors (Lipinski definition) is 1. The molecule has 0 radical (unpaired) electrons. The molecule has 0 amide bonds. The van der Waals surface area contributed by atoms with Gasteiger partial charge in [-0.2, -0.15) is 0 Å². The SMILES string of the molecule is CNC1(C(F)F)CCCC(C)CC1. The minimum Gasteiger partial charge on any atom is -0.309 e. The number of halogens is 2. The zero-order valence-electron chi connectivity index (χ0n) is 8.45. The average Bonchev–Trinajstić information content (AvgIpc) is 2.28. The Labute approximate surface area is 78.9 Å². The smallest absolute Gasteiger partial charge is 0.256 e. The molecule has 0 aliphatic heterocycles. The van der Waals surface area contributed by atoms with E-state index in [1.165, 1.54) is 0 Å². The molecule has 0 spiro atoms. The molecule has 1 aliphatic rings. The number of nitrogens with one attached hydrogen (secondary N) is 1. The molecule has 0 bridgehead atoms. The van der Waals surface area contributed by atoms with Gasteiger partial charge in [0.25, 0.3) is 6.43 Å². The van der Waals surface area contributed by atoms with Gasteiger partial charge in [0.05, 0.1) is 5.54 Å². The van der Waals surface area contributed by atoms with Gasteiger partial charge in [-0.15, -0.1) is 0 Å². The molecule has 1 aliphatic carbocycles. The maximum Gasteiger partial charge on any atom is 0.256 e. The van der Waals surface area contributed by atoms with Crippen molar-refractivity contribution in [2.45, 2.75) is 51.0 Å². The quantitative estimate of drug-likeness (QED) is 0.662. The van der Waals surface area contributed by atoms with Crippen LogP contribution in [0.1, 0.15) is 39.0 Å². The van der Waals surface area contributed by atoms with Crippen LogP contribution in [0.2, 0.25) is 0 Å². The third-order valence-electron chi connectivity index (χ3n) is 3.32. The first kappa shape index (κ1) is 10.9. The van der Waals surface area contributed by atoms with E-state index >= 15 is 0 Å². The third kappa shape index (κ3) is 2.39. The highest BCUT2D eigenvalue weighted by Crippen LogP contribution is 2.34. The van der Waals surface area contributed by atoms with Crippen LogP contribution in [-0.2, 0) is 0 Å². The van der Waals surface area contributed by atoms with Crippen LogP contribution in [0.4, 0.5) is 8.78 Å². The van der Waals surface area contributed by atoms with Gasteiger partial charge < -0.3 is 5.32 Å². The summed E-state index contributed by atoms with van der Waals surface area (Å²) < 4.78 is 25.6. The van der Waals surface area contributed by atoms with E-state index < -0.39 is 12.0 Å². The Kier molecular flexibility index (Phi) is 3.65. The highest BCUT2D eigenvalue weighted by atomic mass is 19.3. The van der Waals surface area contributed by atoms with Gasteiger partial charge in [-0.3, -0.25) is 0 Å². The van der Waals surface area contributed by atoms with Crippen LogP contribution >= 0.6 is 0 Å². The monoisotopic (exact) mass is 191 g/mol. The second-order valence-corrected chi connectivity index (χ2v) is 4.24. The summed E-state index contributed by atoms with van der Waals surface area (Å²) in [5.41, 5.74) is -0.898. The van der Waals surface area contributed by atoms with Crippen molar-refractivity contribution in [2.75, 3.05) is 7.05 Å². The Morgan fingerprint density at radius 1 is 1.31 bits per heavy atom. The van der Waals surface area contributed by atoms with Gasteiger partial charge in [-0.25, -0.2) is 8.78 Å². The predicted molar refractivity (Wildman–Crippen MR) is 50.0 cm³/mol. The summed E-state index contributed by atoms with van der Waals surface area (Å²) in [6.45, 7) is 2.15. The molecule has 78 valence electrons. The highest BCUT2D eigenvalue weighted by Gasteiger charge is 2.39. The molecule has 2 atom stereocenters. The van der Waals surface area contributed by atoms with Crippen molar-refractivity contribution in [1.29, 1.82) is 0 Å². The Hall–Kier alpha value is -0.180. The predicted octanol–water partition coefficient (Wildman–Crippen LogP) is 2.81. The van der Waals surface area contributed by atoms with Gasteiger partial charge in [-0.1, -0.05) is 19.8 Å². The molecule has 1 N–H and O–H groups in total. The van der Waals surface area contributed by atoms with Gasteiger partial charge in [0.1, 0.15) is 0 Å². The molecule has 1 nitrogen and oxygen atoms in total. The van der Waals surface area contributed by atoms with Crippen LogP contribution in [0.15, 0.2) is 0 Å².